The van der Waals surface area contributed by atoms with E-state index in [0.717, 1.165) is 0 Å². The highest BCUT2D eigenvalue weighted by Crippen LogP contribution is 2.47. The topological polar surface area (TPSA) is 78.5 Å². The first-order valence-corrected chi connectivity index (χ1v) is 15.0. The number of carbonyl (C=O) groups is 2. The van der Waals surface area contributed by atoms with E-state index < -0.39 is 35.8 Å². The smallest absolute Gasteiger partial charge is 0.410 e. The number of benzene rings is 1. The highest BCUT2D eigenvalue weighted by molar-refractivity contribution is 6.35. The first-order chi connectivity index (χ1) is 20.2. The molecule has 1 aromatic carbocycles. The Morgan fingerprint density at radius 2 is 1.95 bits per heavy atom. The molecule has 4 heterocycles. The fraction of sp³-hybridized carbons (Fsp3) is 0.581. The van der Waals surface area contributed by atoms with Crippen LogP contribution in [0.4, 0.5) is 19.4 Å². The molecule has 0 bridgehead atoms. The number of aromatic nitrogens is 1. The summed E-state index contributed by atoms with van der Waals surface area (Å²) in [6, 6.07) is 5.74. The van der Waals surface area contributed by atoms with Crippen LogP contribution in [0.2, 0.25) is 5.02 Å². The molecule has 0 radical (unpaired) electrons. The van der Waals surface area contributed by atoms with E-state index in [1.807, 2.05) is 30.7 Å². The van der Waals surface area contributed by atoms with Crippen molar-refractivity contribution in [3.63, 3.8) is 0 Å². The second kappa shape index (κ2) is 11.7. The molecule has 0 aliphatic carbocycles. The minimum absolute atomic E-state index is 0.00251. The van der Waals surface area contributed by atoms with Crippen molar-refractivity contribution < 1.29 is 27.8 Å². The monoisotopic (exact) mass is 619 g/mol. The fourth-order valence-corrected chi connectivity index (χ4v) is 6.45. The highest BCUT2D eigenvalue weighted by atomic mass is 35.5. The number of carbonyl (C=O) groups excluding carboxylic acids is 2. The Kier molecular flexibility index (Phi) is 8.52. The number of hydrogen-bond donors (Lipinski definition) is 0. The number of hydrogen-bond acceptors (Lipinski definition) is 7. The van der Waals surface area contributed by atoms with Crippen LogP contribution in [0.15, 0.2) is 24.3 Å². The summed E-state index contributed by atoms with van der Waals surface area (Å²) in [7, 11) is 1.88. The zero-order valence-electron chi connectivity index (χ0n) is 25.6. The van der Waals surface area contributed by atoms with Gasteiger partial charge >= 0.3 is 6.09 Å². The number of halogens is 3. The van der Waals surface area contributed by atoms with E-state index in [0.29, 0.717) is 25.3 Å². The molecule has 2 saturated heterocycles. The molecule has 0 N–H and O–H groups in total. The second-order valence-corrected chi connectivity index (χ2v) is 13.5. The summed E-state index contributed by atoms with van der Waals surface area (Å²) >= 11 is 6.91. The number of anilines is 1. The summed E-state index contributed by atoms with van der Waals surface area (Å²) in [6.07, 6.45) is 0.245. The third-order valence-electron chi connectivity index (χ3n) is 8.41. The van der Waals surface area contributed by atoms with Gasteiger partial charge in [-0.15, -0.1) is 0 Å². The lowest BCUT2D eigenvalue weighted by atomic mass is 9.98. The zero-order valence-corrected chi connectivity index (χ0v) is 26.4. The van der Waals surface area contributed by atoms with E-state index in [2.05, 4.69) is 0 Å². The van der Waals surface area contributed by atoms with Gasteiger partial charge in [-0.05, 0) is 60.2 Å². The lowest BCUT2D eigenvalue weighted by Gasteiger charge is -2.40. The molecule has 2 fully saturated rings. The maximum atomic E-state index is 15.1. The minimum atomic E-state index is -0.657. The fourth-order valence-electron chi connectivity index (χ4n) is 6.16. The zero-order chi connectivity index (χ0) is 31.3. The van der Waals surface area contributed by atoms with Gasteiger partial charge in [-0.25, -0.2) is 18.6 Å². The first kappa shape index (κ1) is 31.3. The van der Waals surface area contributed by atoms with Crippen molar-refractivity contribution in [2.24, 2.45) is 0 Å². The summed E-state index contributed by atoms with van der Waals surface area (Å²) in [5, 5.41) is 0.0455. The lowest BCUT2D eigenvalue weighted by Crippen LogP contribution is -2.58. The number of nitrogens with zero attached hydrogens (tertiary/aromatic N) is 5. The molecule has 0 spiro atoms. The van der Waals surface area contributed by atoms with Crippen LogP contribution < -0.4 is 9.64 Å². The number of alkyl halides is 1. The number of ether oxygens (including phenoxy) is 2. The van der Waals surface area contributed by atoms with Crippen molar-refractivity contribution in [3.05, 3.63) is 40.7 Å². The van der Waals surface area contributed by atoms with E-state index in [9.17, 15) is 14.0 Å². The number of piperazine rings is 1. The van der Waals surface area contributed by atoms with Gasteiger partial charge in [0, 0.05) is 49.9 Å². The molecule has 2 atom stereocenters. The molecule has 9 nitrogen and oxygen atoms in total. The molecular weight excluding hydrogens is 580 g/mol. The van der Waals surface area contributed by atoms with Crippen LogP contribution in [-0.2, 0) is 4.74 Å². The summed E-state index contributed by atoms with van der Waals surface area (Å²) in [5.74, 6) is -0.333. The normalized spacial score (nSPS) is 21.8. The average Bonchev–Trinajstić information content (AvgIpc) is 3.17. The molecule has 0 saturated carbocycles. The largest absolute Gasteiger partial charge is 0.489 e. The van der Waals surface area contributed by atoms with Gasteiger partial charge in [-0.2, -0.15) is 0 Å². The van der Waals surface area contributed by atoms with Crippen molar-refractivity contribution in [2.45, 2.75) is 64.3 Å². The molecular formula is C31H40ClF2N5O4. The van der Waals surface area contributed by atoms with Gasteiger partial charge in [0.1, 0.15) is 41.1 Å². The Morgan fingerprint density at radius 1 is 1.23 bits per heavy atom. The molecule has 5 rings (SSSR count). The Bertz CT molecular complexity index is 1400. The Hall–Kier alpha value is -3.18. The van der Waals surface area contributed by atoms with Gasteiger partial charge in [-0.1, -0.05) is 23.7 Å². The number of fused-ring (bicyclic) bond motifs is 2. The van der Waals surface area contributed by atoms with Gasteiger partial charge in [0.2, 0.25) is 0 Å². The van der Waals surface area contributed by atoms with Gasteiger partial charge < -0.3 is 24.2 Å². The predicted octanol–water partition coefficient (Wildman–Crippen LogP) is 5.25. The van der Waals surface area contributed by atoms with Gasteiger partial charge in [0.15, 0.2) is 5.75 Å². The van der Waals surface area contributed by atoms with Gasteiger partial charge in [0.25, 0.3) is 5.91 Å². The molecule has 43 heavy (non-hydrogen) atoms. The van der Waals surface area contributed by atoms with E-state index >= 15 is 4.39 Å². The number of likely N-dealkylation sites (N-methyl/N-ethyl adjacent to an activating group) is 1. The van der Waals surface area contributed by atoms with E-state index in [1.54, 1.807) is 48.8 Å². The Balaban J connectivity index is 1.59. The maximum absolute atomic E-state index is 15.1. The van der Waals surface area contributed by atoms with Gasteiger partial charge in [0.05, 0.1) is 11.7 Å². The standard InChI is InChI=1S/C31H40ClF2N5O4/c1-30(2,3)43-29(41)37-13-14-38-20(16-37)18-42-26-23(28(38)40)27(35-25(24(26)32)21-9-7-8-10-22(21)34)39-17-19(15-31(39,4)5)36(6)12-11-33/h7-10,19-20H,11-18H2,1-6H3/t19?,20-/m1/s1. The Labute approximate surface area is 256 Å². The number of rotatable bonds is 5. The molecule has 2 amide bonds. The SMILES string of the molecule is CN(CCF)C1CN(c2nc(-c3ccccc3F)c(Cl)c3c2C(=O)N2CCN(C(=O)OC(C)(C)C)C[C@@H]2CO3)C(C)(C)C1. The third-order valence-corrected chi connectivity index (χ3v) is 8.76. The molecule has 3 aliphatic heterocycles. The third kappa shape index (κ3) is 6.11. The average molecular weight is 620 g/mol. The molecule has 234 valence electrons. The molecule has 3 aliphatic rings. The van der Waals surface area contributed by atoms with Crippen LogP contribution in [0.5, 0.6) is 5.75 Å². The maximum Gasteiger partial charge on any atom is 0.410 e. The number of pyridine rings is 1. The van der Waals surface area contributed by atoms with Crippen molar-refractivity contribution in [2.75, 3.05) is 58.0 Å². The predicted molar refractivity (Wildman–Crippen MR) is 161 cm³/mol. The summed E-state index contributed by atoms with van der Waals surface area (Å²) in [5.41, 5.74) is -0.560. The number of amides is 2. The molecule has 12 heteroatoms. The summed E-state index contributed by atoms with van der Waals surface area (Å²) < 4.78 is 40.2. The van der Waals surface area contributed by atoms with E-state index in [1.165, 1.54) is 6.07 Å². The minimum Gasteiger partial charge on any atom is -0.489 e. The van der Waals surface area contributed by atoms with E-state index in [-0.39, 0.29) is 65.8 Å². The van der Waals surface area contributed by atoms with Crippen molar-refractivity contribution in [1.82, 2.24) is 19.7 Å². The van der Waals surface area contributed by atoms with Crippen molar-refractivity contribution in [1.29, 1.82) is 0 Å². The van der Waals surface area contributed by atoms with Crippen LogP contribution >= 0.6 is 11.6 Å². The van der Waals surface area contributed by atoms with Crippen LogP contribution in [0.3, 0.4) is 0 Å². The quantitative estimate of drug-likeness (QED) is 0.452. The first-order valence-electron chi connectivity index (χ1n) is 14.7. The van der Waals surface area contributed by atoms with Crippen LogP contribution in [0.25, 0.3) is 11.3 Å². The lowest BCUT2D eigenvalue weighted by molar-refractivity contribution is 0.000952. The van der Waals surface area contributed by atoms with Crippen LogP contribution in [0.1, 0.15) is 51.4 Å². The highest BCUT2D eigenvalue weighted by Gasteiger charge is 2.46. The summed E-state index contributed by atoms with van der Waals surface area (Å²) in [4.78, 5) is 39.4. The van der Waals surface area contributed by atoms with Crippen molar-refractivity contribution >= 4 is 29.4 Å². The van der Waals surface area contributed by atoms with Crippen LogP contribution in [0, 0.1) is 5.82 Å². The van der Waals surface area contributed by atoms with Crippen LogP contribution in [-0.4, -0.2) is 108 Å². The summed E-state index contributed by atoms with van der Waals surface area (Å²) in [6.45, 7) is 10.7. The molecule has 1 aromatic heterocycles. The molecule has 2 aromatic rings. The second-order valence-electron chi connectivity index (χ2n) is 13.1. The molecule has 1 unspecified atom stereocenters. The van der Waals surface area contributed by atoms with Gasteiger partial charge in [-0.3, -0.25) is 9.69 Å². The van der Waals surface area contributed by atoms with E-state index in [4.69, 9.17) is 26.1 Å². The van der Waals surface area contributed by atoms with Crippen molar-refractivity contribution in [3.8, 4) is 17.0 Å². The Morgan fingerprint density at radius 3 is 2.63 bits per heavy atom.